The van der Waals surface area contributed by atoms with Crippen molar-refractivity contribution in [2.24, 2.45) is 0 Å². The van der Waals surface area contributed by atoms with Crippen LogP contribution in [0.15, 0.2) is 18.3 Å². The molecule has 0 saturated carbocycles. The van der Waals surface area contributed by atoms with Crippen LogP contribution in [0.4, 0.5) is 0 Å². The van der Waals surface area contributed by atoms with E-state index in [9.17, 15) is 4.79 Å². The van der Waals surface area contributed by atoms with Crippen LogP contribution < -0.4 is 0 Å². The van der Waals surface area contributed by atoms with E-state index in [1.54, 1.807) is 18.3 Å². The van der Waals surface area contributed by atoms with Crippen LogP contribution in [0.25, 0.3) is 0 Å². The number of pyridine rings is 1. The molecule has 1 aromatic rings. The lowest BCUT2D eigenvalue weighted by atomic mass is 10.1. The van der Waals surface area contributed by atoms with E-state index in [4.69, 9.17) is 11.6 Å². The Hall–Kier alpha value is -0.890. The van der Waals surface area contributed by atoms with E-state index in [-0.39, 0.29) is 11.7 Å². The van der Waals surface area contributed by atoms with E-state index in [0.29, 0.717) is 11.3 Å². The summed E-state index contributed by atoms with van der Waals surface area (Å²) in [6.07, 6.45) is 1.63. The van der Waals surface area contributed by atoms with Crippen molar-refractivity contribution in [3.05, 3.63) is 29.6 Å². The van der Waals surface area contributed by atoms with Crippen LogP contribution in [0.2, 0.25) is 0 Å². The predicted molar refractivity (Wildman–Crippen MR) is 43.8 cm³/mol. The zero-order valence-electron chi connectivity index (χ0n) is 6.17. The Labute approximate surface area is 70.2 Å². The lowest BCUT2D eigenvalue weighted by Gasteiger charge is -1.99. The van der Waals surface area contributed by atoms with Crippen LogP contribution in [-0.2, 0) is 5.88 Å². The third-order valence-corrected chi connectivity index (χ3v) is 1.65. The molecule has 1 aromatic heterocycles. The fourth-order valence-corrected chi connectivity index (χ4v) is 1.08. The maximum absolute atomic E-state index is 10.9. The molecule has 0 aliphatic rings. The van der Waals surface area contributed by atoms with Crippen molar-refractivity contribution in [3.8, 4) is 0 Å². The Kier molecular flexibility index (Phi) is 2.60. The summed E-state index contributed by atoms with van der Waals surface area (Å²) in [7, 11) is 0. The Morgan fingerprint density at radius 2 is 2.45 bits per heavy atom. The molecule has 0 aliphatic heterocycles. The average Bonchev–Trinajstić information content (AvgIpc) is 2.04. The quantitative estimate of drug-likeness (QED) is 0.501. The second kappa shape index (κ2) is 3.49. The molecule has 1 rings (SSSR count). The van der Waals surface area contributed by atoms with Gasteiger partial charge in [-0.05, 0) is 19.1 Å². The van der Waals surface area contributed by atoms with Gasteiger partial charge >= 0.3 is 0 Å². The lowest BCUT2D eigenvalue weighted by molar-refractivity contribution is 0.101. The number of Topliss-reactive ketones (excluding diaryl/α,β-unsaturated/α-hetero) is 1. The van der Waals surface area contributed by atoms with Gasteiger partial charge in [0.1, 0.15) is 0 Å². The van der Waals surface area contributed by atoms with E-state index in [2.05, 4.69) is 4.98 Å². The maximum atomic E-state index is 10.9. The molecule has 58 valence electrons. The van der Waals surface area contributed by atoms with Crippen molar-refractivity contribution in [2.45, 2.75) is 12.8 Å². The van der Waals surface area contributed by atoms with Crippen LogP contribution in [0, 0.1) is 0 Å². The molecule has 0 aromatic carbocycles. The van der Waals surface area contributed by atoms with Gasteiger partial charge < -0.3 is 0 Å². The van der Waals surface area contributed by atoms with Crippen molar-refractivity contribution in [2.75, 3.05) is 0 Å². The molecule has 0 amide bonds. The first kappa shape index (κ1) is 8.21. The fourth-order valence-electron chi connectivity index (χ4n) is 0.865. The minimum atomic E-state index is 0.00810. The zero-order chi connectivity index (χ0) is 8.27. The van der Waals surface area contributed by atoms with Gasteiger partial charge in [-0.15, -0.1) is 11.6 Å². The highest BCUT2D eigenvalue weighted by Crippen LogP contribution is 2.08. The summed E-state index contributed by atoms with van der Waals surface area (Å²) in [6, 6.07) is 3.46. The van der Waals surface area contributed by atoms with E-state index < -0.39 is 0 Å². The second-order valence-electron chi connectivity index (χ2n) is 2.19. The SMILES string of the molecule is CC(=O)c1cccnc1CCl. The predicted octanol–water partition coefficient (Wildman–Crippen LogP) is 2.02. The van der Waals surface area contributed by atoms with Crippen molar-refractivity contribution in [3.63, 3.8) is 0 Å². The van der Waals surface area contributed by atoms with Crippen molar-refractivity contribution < 1.29 is 4.79 Å². The van der Waals surface area contributed by atoms with Crippen LogP contribution in [0.1, 0.15) is 23.0 Å². The van der Waals surface area contributed by atoms with Crippen LogP contribution >= 0.6 is 11.6 Å². The van der Waals surface area contributed by atoms with Crippen molar-refractivity contribution >= 4 is 17.4 Å². The molecular formula is C8H8ClNO. The number of alkyl halides is 1. The summed E-state index contributed by atoms with van der Waals surface area (Å²) in [4.78, 5) is 14.9. The number of hydrogen-bond donors (Lipinski definition) is 0. The van der Waals surface area contributed by atoms with Gasteiger partial charge in [0, 0.05) is 11.8 Å². The van der Waals surface area contributed by atoms with Gasteiger partial charge in [-0.3, -0.25) is 9.78 Å². The van der Waals surface area contributed by atoms with Crippen LogP contribution in [0.5, 0.6) is 0 Å². The summed E-state index contributed by atoms with van der Waals surface area (Å²) in [5, 5.41) is 0. The first-order chi connectivity index (χ1) is 5.25. The highest BCUT2D eigenvalue weighted by molar-refractivity contribution is 6.17. The molecule has 0 radical (unpaired) electrons. The Morgan fingerprint density at radius 3 is 2.91 bits per heavy atom. The van der Waals surface area contributed by atoms with Crippen molar-refractivity contribution in [1.29, 1.82) is 0 Å². The molecule has 11 heavy (non-hydrogen) atoms. The molecular weight excluding hydrogens is 162 g/mol. The molecule has 0 unspecified atom stereocenters. The average molecular weight is 170 g/mol. The molecule has 0 bridgehead atoms. The fraction of sp³-hybridized carbons (Fsp3) is 0.250. The van der Waals surface area contributed by atoms with E-state index in [1.807, 2.05) is 0 Å². The minimum absolute atomic E-state index is 0.00810. The largest absolute Gasteiger partial charge is 0.294 e. The first-order valence-corrected chi connectivity index (χ1v) is 3.80. The van der Waals surface area contributed by atoms with Gasteiger partial charge in [0.25, 0.3) is 0 Å². The number of rotatable bonds is 2. The van der Waals surface area contributed by atoms with Crippen LogP contribution in [0.3, 0.4) is 0 Å². The van der Waals surface area contributed by atoms with E-state index >= 15 is 0 Å². The monoisotopic (exact) mass is 169 g/mol. The second-order valence-corrected chi connectivity index (χ2v) is 2.45. The number of aromatic nitrogens is 1. The van der Waals surface area contributed by atoms with E-state index in [1.165, 1.54) is 6.92 Å². The smallest absolute Gasteiger partial charge is 0.161 e. The zero-order valence-corrected chi connectivity index (χ0v) is 6.93. The Morgan fingerprint density at radius 1 is 1.73 bits per heavy atom. The molecule has 2 nitrogen and oxygen atoms in total. The summed E-state index contributed by atoms with van der Waals surface area (Å²) < 4.78 is 0. The lowest BCUT2D eigenvalue weighted by Crippen LogP contribution is -1.99. The summed E-state index contributed by atoms with van der Waals surface area (Å²) >= 11 is 5.56. The molecule has 0 saturated heterocycles. The highest BCUT2D eigenvalue weighted by atomic mass is 35.5. The number of carbonyl (C=O) groups excluding carboxylic acids is 1. The number of hydrogen-bond acceptors (Lipinski definition) is 2. The molecule has 1 heterocycles. The first-order valence-electron chi connectivity index (χ1n) is 3.26. The van der Waals surface area contributed by atoms with Gasteiger partial charge in [0.05, 0.1) is 11.6 Å². The molecule has 0 N–H and O–H groups in total. The molecule has 0 spiro atoms. The van der Waals surface area contributed by atoms with Gasteiger partial charge in [-0.25, -0.2) is 0 Å². The third kappa shape index (κ3) is 1.77. The van der Waals surface area contributed by atoms with Gasteiger partial charge in [-0.2, -0.15) is 0 Å². The number of halogens is 1. The maximum Gasteiger partial charge on any atom is 0.161 e. The Bertz CT molecular complexity index is 273. The standard InChI is InChI=1S/C8H8ClNO/c1-6(11)7-3-2-4-10-8(7)5-9/h2-4H,5H2,1H3. The molecule has 0 fully saturated rings. The van der Waals surface area contributed by atoms with Crippen LogP contribution in [-0.4, -0.2) is 10.8 Å². The van der Waals surface area contributed by atoms with Crippen molar-refractivity contribution in [1.82, 2.24) is 4.98 Å². The van der Waals surface area contributed by atoms with E-state index in [0.717, 1.165) is 0 Å². The molecule has 0 aliphatic carbocycles. The van der Waals surface area contributed by atoms with Gasteiger partial charge in [-0.1, -0.05) is 0 Å². The Balaban J connectivity index is 3.12. The number of nitrogens with zero attached hydrogens (tertiary/aromatic N) is 1. The third-order valence-electron chi connectivity index (χ3n) is 1.40. The summed E-state index contributed by atoms with van der Waals surface area (Å²) in [6.45, 7) is 1.51. The van der Waals surface area contributed by atoms with Gasteiger partial charge in [0.15, 0.2) is 5.78 Å². The minimum Gasteiger partial charge on any atom is -0.294 e. The topological polar surface area (TPSA) is 30.0 Å². The number of carbonyl (C=O) groups is 1. The summed E-state index contributed by atoms with van der Waals surface area (Å²) in [5.41, 5.74) is 1.27. The summed E-state index contributed by atoms with van der Waals surface area (Å²) in [5.74, 6) is 0.296. The number of ketones is 1. The molecule has 3 heteroatoms. The highest BCUT2D eigenvalue weighted by Gasteiger charge is 2.04. The molecule has 0 atom stereocenters. The normalized spacial score (nSPS) is 9.64. The van der Waals surface area contributed by atoms with Gasteiger partial charge in [0.2, 0.25) is 0 Å².